The van der Waals surface area contributed by atoms with Gasteiger partial charge in [-0.2, -0.15) is 0 Å². The molecule has 0 aromatic rings. The van der Waals surface area contributed by atoms with Gasteiger partial charge < -0.3 is 17.0 Å². The normalized spacial score (nSPS) is 15.0. The third-order valence-electron chi connectivity index (χ3n) is 0.827. The number of hydrogen-bond acceptors (Lipinski definition) is 1. The molecule has 0 aliphatic carbocycles. The second kappa shape index (κ2) is 10.5. The largest absolute Gasteiger partial charge is 1.00 e. The van der Waals surface area contributed by atoms with E-state index in [1.165, 1.54) is 12.8 Å². The van der Waals surface area contributed by atoms with E-state index in [4.69, 9.17) is 4.74 Å². The van der Waals surface area contributed by atoms with Gasteiger partial charge in [0, 0.05) is 13.2 Å². The summed E-state index contributed by atoms with van der Waals surface area (Å²) in [4.78, 5) is 0. The first-order chi connectivity index (χ1) is 2.50. The molecule has 0 bridgehead atoms. The van der Waals surface area contributed by atoms with E-state index in [-0.39, 0.29) is 31.2 Å². The SMILES string of the molecule is C1CCOC1.[Li+].[NH2-].[NH2-]. The van der Waals surface area contributed by atoms with Gasteiger partial charge in [-0.25, -0.2) is 0 Å². The first kappa shape index (κ1) is 15.8. The molecule has 0 unspecified atom stereocenters. The van der Waals surface area contributed by atoms with Crippen LogP contribution in [-0.2, 0) is 4.74 Å². The van der Waals surface area contributed by atoms with E-state index in [0.29, 0.717) is 0 Å². The summed E-state index contributed by atoms with van der Waals surface area (Å²) in [6.07, 6.45) is 2.56. The predicted molar refractivity (Wildman–Crippen MR) is 30.6 cm³/mol. The van der Waals surface area contributed by atoms with Crippen molar-refractivity contribution in [1.82, 2.24) is 0 Å². The number of hydrogen-bond donors (Lipinski definition) is 0. The van der Waals surface area contributed by atoms with Crippen molar-refractivity contribution in [2.24, 2.45) is 0 Å². The van der Waals surface area contributed by atoms with Gasteiger partial charge in [-0.3, -0.25) is 0 Å². The number of nitrogens with two attached hydrogens (primary N) is 2. The summed E-state index contributed by atoms with van der Waals surface area (Å²) >= 11 is 0. The molecule has 1 rings (SSSR count). The van der Waals surface area contributed by atoms with Crippen LogP contribution in [0.4, 0.5) is 0 Å². The molecule has 0 atom stereocenters. The summed E-state index contributed by atoms with van der Waals surface area (Å²) in [6, 6.07) is 0. The molecule has 4 N–H and O–H groups in total. The van der Waals surface area contributed by atoms with Gasteiger partial charge in [-0.15, -0.1) is 0 Å². The van der Waals surface area contributed by atoms with Crippen molar-refractivity contribution in [3.63, 3.8) is 0 Å². The summed E-state index contributed by atoms with van der Waals surface area (Å²) in [5.41, 5.74) is 0. The number of rotatable bonds is 0. The molecule has 3 nitrogen and oxygen atoms in total. The zero-order valence-electron chi connectivity index (χ0n) is 5.39. The molecular weight excluding hydrogens is 99.0 g/mol. The molecule has 46 valence electrons. The molecule has 1 aliphatic rings. The van der Waals surface area contributed by atoms with E-state index in [1.807, 2.05) is 0 Å². The van der Waals surface area contributed by atoms with Gasteiger partial charge in [-0.1, -0.05) is 0 Å². The molecule has 0 aromatic heterocycles. The van der Waals surface area contributed by atoms with Gasteiger partial charge in [0.15, 0.2) is 0 Å². The molecule has 0 amide bonds. The third kappa shape index (κ3) is 6.48. The Morgan fingerprint density at radius 3 is 1.38 bits per heavy atom. The maximum atomic E-state index is 4.94. The molecule has 1 saturated heterocycles. The molecule has 0 aromatic carbocycles. The minimum absolute atomic E-state index is 0. The quantitative estimate of drug-likeness (QED) is 0.378. The summed E-state index contributed by atoms with van der Waals surface area (Å²) in [5.74, 6) is 0. The Kier molecular flexibility index (Phi) is 20.7. The zero-order valence-corrected chi connectivity index (χ0v) is 5.39. The van der Waals surface area contributed by atoms with E-state index in [1.54, 1.807) is 0 Å². The molecule has 8 heavy (non-hydrogen) atoms. The Morgan fingerprint density at radius 2 is 1.25 bits per heavy atom. The van der Waals surface area contributed by atoms with Crippen LogP contribution in [0.3, 0.4) is 0 Å². The minimum Gasteiger partial charge on any atom is -0.693 e. The summed E-state index contributed by atoms with van der Waals surface area (Å²) in [6.45, 7) is 2.00. The Hall–Kier alpha value is 0.477. The van der Waals surface area contributed by atoms with E-state index in [2.05, 4.69) is 0 Å². The maximum Gasteiger partial charge on any atom is 1.00 e. The topological polar surface area (TPSA) is 76.2 Å². The van der Waals surface area contributed by atoms with Crippen molar-refractivity contribution in [2.45, 2.75) is 12.8 Å². The van der Waals surface area contributed by atoms with Crippen LogP contribution in [0, 0.1) is 0 Å². The molecule has 4 heteroatoms. The van der Waals surface area contributed by atoms with Gasteiger partial charge in [0.25, 0.3) is 0 Å². The van der Waals surface area contributed by atoms with Crippen LogP contribution in [-0.4, -0.2) is 13.2 Å². The minimum atomic E-state index is 0. The van der Waals surface area contributed by atoms with Gasteiger partial charge in [-0.05, 0) is 12.8 Å². The first-order valence-corrected chi connectivity index (χ1v) is 2.08. The summed E-state index contributed by atoms with van der Waals surface area (Å²) in [5, 5.41) is 0. The van der Waals surface area contributed by atoms with Crippen LogP contribution in [0.5, 0.6) is 0 Å². The predicted octanol–water partition coefficient (Wildman–Crippen LogP) is -0.765. The number of ether oxygens (including phenoxy) is 1. The van der Waals surface area contributed by atoms with Crippen molar-refractivity contribution >= 4 is 0 Å². The van der Waals surface area contributed by atoms with Crippen LogP contribution in [0.25, 0.3) is 12.3 Å². The summed E-state index contributed by atoms with van der Waals surface area (Å²) < 4.78 is 4.94. The average molecular weight is 111 g/mol. The first-order valence-electron chi connectivity index (χ1n) is 2.08. The monoisotopic (exact) mass is 111 g/mol. The maximum absolute atomic E-state index is 4.94. The van der Waals surface area contributed by atoms with Gasteiger partial charge in [0.2, 0.25) is 0 Å². The van der Waals surface area contributed by atoms with Crippen molar-refractivity contribution in [3.8, 4) is 0 Å². The van der Waals surface area contributed by atoms with E-state index in [0.717, 1.165) is 13.2 Å². The van der Waals surface area contributed by atoms with Crippen LogP contribution in [0.2, 0.25) is 0 Å². The van der Waals surface area contributed by atoms with E-state index in [9.17, 15) is 0 Å². The fourth-order valence-corrected chi connectivity index (χ4v) is 0.510. The molecule has 1 fully saturated rings. The molecule has 0 radical (unpaired) electrons. The van der Waals surface area contributed by atoms with Crippen LogP contribution < -0.4 is 18.9 Å². The fraction of sp³-hybridized carbons (Fsp3) is 1.00. The van der Waals surface area contributed by atoms with Crippen LogP contribution >= 0.6 is 0 Å². The van der Waals surface area contributed by atoms with Gasteiger partial charge >= 0.3 is 18.9 Å². The van der Waals surface area contributed by atoms with Gasteiger partial charge in [0.05, 0.1) is 0 Å². The molecule has 1 aliphatic heterocycles. The summed E-state index contributed by atoms with van der Waals surface area (Å²) in [7, 11) is 0. The van der Waals surface area contributed by atoms with Crippen molar-refractivity contribution in [1.29, 1.82) is 0 Å². The Bertz CT molecular complexity index is 25.6. The Balaban J connectivity index is -0.0000000833. The Labute approximate surface area is 62.5 Å². The van der Waals surface area contributed by atoms with Crippen LogP contribution in [0.15, 0.2) is 0 Å². The zero-order chi connectivity index (χ0) is 3.54. The van der Waals surface area contributed by atoms with Crippen molar-refractivity contribution < 1.29 is 23.6 Å². The second-order valence-corrected chi connectivity index (χ2v) is 1.32. The third-order valence-corrected chi connectivity index (χ3v) is 0.827. The average Bonchev–Trinajstić information content (AvgIpc) is 1.76. The standard InChI is InChI=1S/C4H8O.Li.2H2N/c1-2-4-5-3-1;;;/h1-4H2;;2*1H2/q;+1;2*-1. The van der Waals surface area contributed by atoms with Gasteiger partial charge in [0.1, 0.15) is 0 Å². The molecule has 1 heterocycles. The smallest absolute Gasteiger partial charge is 0.693 e. The van der Waals surface area contributed by atoms with Crippen LogP contribution in [0.1, 0.15) is 12.8 Å². The fourth-order valence-electron chi connectivity index (χ4n) is 0.510. The Morgan fingerprint density at radius 1 is 0.875 bits per heavy atom. The van der Waals surface area contributed by atoms with E-state index >= 15 is 0 Å². The molecule has 0 saturated carbocycles. The molecular formula is C4H12LiN2O-. The van der Waals surface area contributed by atoms with Crippen molar-refractivity contribution in [3.05, 3.63) is 12.3 Å². The van der Waals surface area contributed by atoms with E-state index < -0.39 is 0 Å². The molecule has 0 spiro atoms. The second-order valence-electron chi connectivity index (χ2n) is 1.32. The van der Waals surface area contributed by atoms with Crippen molar-refractivity contribution in [2.75, 3.05) is 13.2 Å².